The van der Waals surface area contributed by atoms with Gasteiger partial charge in [-0.25, -0.2) is 0 Å². The second-order valence-electron chi connectivity index (χ2n) is 6.48. The Balaban J connectivity index is 1.97. The van der Waals surface area contributed by atoms with Crippen molar-refractivity contribution < 1.29 is 9.90 Å². The molecule has 2 saturated carbocycles. The largest absolute Gasteiger partial charge is 0.481 e. The lowest BCUT2D eigenvalue weighted by atomic mass is 9.65. The van der Waals surface area contributed by atoms with E-state index in [4.69, 9.17) is 5.11 Å². The van der Waals surface area contributed by atoms with Crippen molar-refractivity contribution in [1.82, 2.24) is 5.32 Å². The Labute approximate surface area is 110 Å². The van der Waals surface area contributed by atoms with Crippen LogP contribution in [-0.4, -0.2) is 23.2 Å². The van der Waals surface area contributed by atoms with Gasteiger partial charge in [0.1, 0.15) is 0 Å². The number of nitrogens with one attached hydrogen (secondary N) is 1. The predicted molar refractivity (Wildman–Crippen MR) is 72.6 cm³/mol. The molecule has 0 aromatic heterocycles. The second-order valence-corrected chi connectivity index (χ2v) is 6.48. The molecule has 0 atom stereocenters. The fourth-order valence-electron chi connectivity index (χ4n) is 3.98. The number of carbonyl (C=O) groups is 1. The molecule has 2 N–H and O–H groups in total. The average molecular weight is 253 g/mol. The van der Waals surface area contributed by atoms with Gasteiger partial charge in [-0.15, -0.1) is 0 Å². The molecule has 2 aliphatic rings. The summed E-state index contributed by atoms with van der Waals surface area (Å²) in [4.78, 5) is 11.1. The molecule has 3 heteroatoms. The van der Waals surface area contributed by atoms with Crippen molar-refractivity contribution in [1.29, 1.82) is 0 Å². The molecule has 0 saturated heterocycles. The Bertz CT molecular complexity index is 285. The Morgan fingerprint density at radius 2 is 1.72 bits per heavy atom. The molecule has 0 aromatic rings. The van der Waals surface area contributed by atoms with E-state index in [1.54, 1.807) is 0 Å². The van der Waals surface area contributed by atoms with Gasteiger partial charge in [0.15, 0.2) is 0 Å². The van der Waals surface area contributed by atoms with Crippen molar-refractivity contribution in [2.45, 2.75) is 76.7 Å². The first kappa shape index (κ1) is 13.9. The van der Waals surface area contributed by atoms with Crippen LogP contribution in [0.15, 0.2) is 0 Å². The Morgan fingerprint density at radius 3 is 2.22 bits per heavy atom. The van der Waals surface area contributed by atoms with Crippen LogP contribution < -0.4 is 5.32 Å². The predicted octanol–water partition coefficient (Wildman–Crippen LogP) is 3.33. The number of hydrogen-bond donors (Lipinski definition) is 2. The Hall–Kier alpha value is -0.570. The van der Waals surface area contributed by atoms with Gasteiger partial charge in [0.2, 0.25) is 0 Å². The number of hydrogen-bond acceptors (Lipinski definition) is 2. The minimum Gasteiger partial charge on any atom is -0.481 e. The molecule has 3 nitrogen and oxygen atoms in total. The monoisotopic (exact) mass is 253 g/mol. The number of aliphatic carboxylic acids is 1. The van der Waals surface area contributed by atoms with Crippen LogP contribution in [0, 0.1) is 5.41 Å². The number of carboxylic acid groups (broad SMARTS) is 1. The van der Waals surface area contributed by atoms with Crippen molar-refractivity contribution in [2.75, 3.05) is 6.54 Å². The van der Waals surface area contributed by atoms with Crippen molar-refractivity contribution in [3.63, 3.8) is 0 Å². The molecule has 18 heavy (non-hydrogen) atoms. The summed E-state index contributed by atoms with van der Waals surface area (Å²) in [7, 11) is 0. The van der Waals surface area contributed by atoms with E-state index >= 15 is 0 Å². The van der Waals surface area contributed by atoms with E-state index in [0.29, 0.717) is 11.8 Å². The minimum absolute atomic E-state index is 0.115. The lowest BCUT2D eigenvalue weighted by Gasteiger charge is -2.45. The number of rotatable bonds is 5. The summed E-state index contributed by atoms with van der Waals surface area (Å²) in [6.07, 6.45) is 11.5. The molecular formula is C15H27NO2. The molecule has 0 aromatic carbocycles. The van der Waals surface area contributed by atoms with Crippen molar-refractivity contribution in [3.8, 4) is 0 Å². The summed E-state index contributed by atoms with van der Waals surface area (Å²) >= 11 is 0. The summed E-state index contributed by atoms with van der Waals surface area (Å²) in [5.74, 6) is -0.652. The molecule has 104 valence electrons. The lowest BCUT2D eigenvalue weighted by molar-refractivity contribution is -0.139. The van der Waals surface area contributed by atoms with Gasteiger partial charge < -0.3 is 10.4 Å². The molecule has 1 spiro atoms. The number of carboxylic acids is 1. The lowest BCUT2D eigenvalue weighted by Crippen LogP contribution is -2.51. The van der Waals surface area contributed by atoms with Crippen LogP contribution in [0.5, 0.6) is 0 Å². The van der Waals surface area contributed by atoms with Crippen molar-refractivity contribution in [3.05, 3.63) is 0 Å². The molecule has 0 heterocycles. The summed E-state index contributed by atoms with van der Waals surface area (Å²) in [5.41, 5.74) is 0.464. The van der Waals surface area contributed by atoms with E-state index < -0.39 is 5.97 Å². The highest BCUT2D eigenvalue weighted by molar-refractivity contribution is 5.68. The smallest absolute Gasteiger partial charge is 0.305 e. The van der Waals surface area contributed by atoms with Gasteiger partial charge in [0.05, 0.1) is 6.42 Å². The fraction of sp³-hybridized carbons (Fsp3) is 0.933. The highest BCUT2D eigenvalue weighted by atomic mass is 16.4. The third kappa shape index (κ3) is 3.05. The zero-order chi connectivity index (χ0) is 13.1. The highest BCUT2D eigenvalue weighted by Crippen LogP contribution is 2.51. The molecule has 0 aliphatic heterocycles. The third-order valence-corrected chi connectivity index (χ3v) is 5.17. The molecule has 0 bridgehead atoms. The maximum atomic E-state index is 11.1. The topological polar surface area (TPSA) is 49.3 Å². The molecule has 0 unspecified atom stereocenters. The summed E-state index contributed by atoms with van der Waals surface area (Å²) < 4.78 is 0. The van der Waals surface area contributed by atoms with Crippen LogP contribution in [0.1, 0.15) is 71.1 Å². The van der Waals surface area contributed by atoms with Crippen LogP contribution in [0.4, 0.5) is 0 Å². The molecule has 0 radical (unpaired) electrons. The van der Waals surface area contributed by atoms with E-state index in [1.165, 1.54) is 38.5 Å². The zero-order valence-electron chi connectivity index (χ0n) is 11.6. The first-order valence-corrected chi connectivity index (χ1v) is 7.57. The maximum Gasteiger partial charge on any atom is 0.305 e. The van der Waals surface area contributed by atoms with E-state index in [1.807, 2.05) is 0 Å². The summed E-state index contributed by atoms with van der Waals surface area (Å²) in [5, 5.41) is 12.7. The molecule has 0 amide bonds. The molecule has 2 rings (SSSR count). The van der Waals surface area contributed by atoms with E-state index in [2.05, 4.69) is 12.2 Å². The SMILES string of the molecule is CCCNC1(CC(=O)O)CCC2(CCCC2)CC1. The van der Waals surface area contributed by atoms with Crippen LogP contribution in [0.3, 0.4) is 0 Å². The van der Waals surface area contributed by atoms with Gasteiger partial charge >= 0.3 is 5.97 Å². The van der Waals surface area contributed by atoms with Crippen LogP contribution in [-0.2, 0) is 4.79 Å². The van der Waals surface area contributed by atoms with Gasteiger partial charge in [-0.05, 0) is 56.9 Å². The van der Waals surface area contributed by atoms with Gasteiger partial charge in [0, 0.05) is 5.54 Å². The van der Waals surface area contributed by atoms with Crippen molar-refractivity contribution in [2.24, 2.45) is 5.41 Å². The molecule has 2 fully saturated rings. The maximum absolute atomic E-state index is 11.1. The van der Waals surface area contributed by atoms with E-state index in [9.17, 15) is 4.79 Å². The van der Waals surface area contributed by atoms with Crippen molar-refractivity contribution >= 4 is 5.97 Å². The third-order valence-electron chi connectivity index (χ3n) is 5.17. The van der Waals surface area contributed by atoms with E-state index in [-0.39, 0.29) is 5.54 Å². The van der Waals surface area contributed by atoms with Gasteiger partial charge in [0.25, 0.3) is 0 Å². The minimum atomic E-state index is -0.652. The van der Waals surface area contributed by atoms with Gasteiger partial charge in [-0.3, -0.25) is 4.79 Å². The van der Waals surface area contributed by atoms with Gasteiger partial charge in [-0.1, -0.05) is 19.8 Å². The first-order valence-electron chi connectivity index (χ1n) is 7.57. The standard InChI is InChI=1S/C15H27NO2/c1-2-11-16-15(12-13(17)18)9-7-14(8-10-15)5-3-4-6-14/h16H,2-12H2,1H3,(H,17,18). The highest BCUT2D eigenvalue weighted by Gasteiger charge is 2.44. The quantitative estimate of drug-likeness (QED) is 0.790. The normalized spacial score (nSPS) is 25.4. The Kier molecular flexibility index (Phi) is 4.31. The first-order chi connectivity index (χ1) is 8.60. The average Bonchev–Trinajstić information content (AvgIpc) is 2.79. The van der Waals surface area contributed by atoms with Crippen LogP contribution >= 0.6 is 0 Å². The van der Waals surface area contributed by atoms with E-state index in [0.717, 1.165) is 25.8 Å². The molecule has 2 aliphatic carbocycles. The van der Waals surface area contributed by atoms with Crippen LogP contribution in [0.25, 0.3) is 0 Å². The Morgan fingerprint density at radius 1 is 1.11 bits per heavy atom. The summed E-state index contributed by atoms with van der Waals surface area (Å²) in [6, 6.07) is 0. The summed E-state index contributed by atoms with van der Waals surface area (Å²) in [6.45, 7) is 3.09. The second kappa shape index (κ2) is 5.60. The zero-order valence-corrected chi connectivity index (χ0v) is 11.6. The molecular weight excluding hydrogens is 226 g/mol. The van der Waals surface area contributed by atoms with Crippen LogP contribution in [0.2, 0.25) is 0 Å². The van der Waals surface area contributed by atoms with Gasteiger partial charge in [-0.2, -0.15) is 0 Å². The fourth-order valence-corrected chi connectivity index (χ4v) is 3.98.